The lowest BCUT2D eigenvalue weighted by atomic mass is 10.1. The van der Waals surface area contributed by atoms with Gasteiger partial charge >= 0.3 is 0 Å². The van der Waals surface area contributed by atoms with Gasteiger partial charge in [-0.3, -0.25) is 0 Å². The van der Waals surface area contributed by atoms with Gasteiger partial charge in [0.2, 0.25) is 0 Å². The number of furan rings is 1. The van der Waals surface area contributed by atoms with Gasteiger partial charge in [-0.25, -0.2) is 9.38 Å². The van der Waals surface area contributed by atoms with E-state index in [1.807, 2.05) is 32.9 Å². The lowest BCUT2D eigenvalue weighted by Crippen LogP contribution is -2.38. The van der Waals surface area contributed by atoms with Gasteiger partial charge in [-0.2, -0.15) is 0 Å². The smallest absolute Gasteiger partial charge is 0.192 e. The highest BCUT2D eigenvalue weighted by molar-refractivity contribution is 14.0. The highest BCUT2D eigenvalue weighted by Gasteiger charge is 2.11. The molecule has 25 heavy (non-hydrogen) atoms. The van der Waals surface area contributed by atoms with Gasteiger partial charge < -0.3 is 20.2 Å². The van der Waals surface area contributed by atoms with Crippen LogP contribution in [-0.4, -0.2) is 17.6 Å². The van der Waals surface area contributed by atoms with Crippen molar-refractivity contribution in [1.29, 1.82) is 0 Å². The molecule has 0 amide bonds. The molecule has 5 nitrogen and oxygen atoms in total. The number of hydrogen-bond donors (Lipinski definition) is 3. The van der Waals surface area contributed by atoms with Crippen LogP contribution in [0.15, 0.2) is 39.7 Å². The van der Waals surface area contributed by atoms with Crippen LogP contribution in [0.25, 0.3) is 0 Å². The maximum atomic E-state index is 13.4. The van der Waals surface area contributed by atoms with Crippen molar-refractivity contribution in [2.45, 2.75) is 40.0 Å². The predicted molar refractivity (Wildman–Crippen MR) is 108 cm³/mol. The van der Waals surface area contributed by atoms with Gasteiger partial charge in [0.25, 0.3) is 0 Å². The summed E-state index contributed by atoms with van der Waals surface area (Å²) in [5.74, 6) is 1.94. The quantitative estimate of drug-likeness (QED) is 0.349. The molecule has 1 atom stereocenters. The van der Waals surface area contributed by atoms with Gasteiger partial charge in [0, 0.05) is 12.1 Å². The summed E-state index contributed by atoms with van der Waals surface area (Å²) in [7, 11) is 0. The van der Waals surface area contributed by atoms with E-state index in [0.717, 1.165) is 23.6 Å². The Morgan fingerprint density at radius 3 is 2.68 bits per heavy atom. The van der Waals surface area contributed by atoms with Gasteiger partial charge in [0.05, 0.1) is 19.2 Å². The molecule has 2 rings (SSSR count). The van der Waals surface area contributed by atoms with Crippen LogP contribution in [0.1, 0.15) is 42.5 Å². The molecule has 7 heteroatoms. The molecule has 138 valence electrons. The Bertz CT molecular complexity index is 703. The highest BCUT2D eigenvalue weighted by Crippen LogP contribution is 2.15. The first kappa shape index (κ1) is 21.4. The number of rotatable bonds is 6. The predicted octanol–water partition coefficient (Wildman–Crippen LogP) is 3.65. The van der Waals surface area contributed by atoms with Crippen molar-refractivity contribution in [3.63, 3.8) is 0 Å². The average molecular weight is 461 g/mol. The van der Waals surface area contributed by atoms with Crippen LogP contribution in [0.5, 0.6) is 0 Å². The number of benzene rings is 1. The third-order valence-electron chi connectivity index (χ3n) is 3.59. The maximum absolute atomic E-state index is 13.4. The summed E-state index contributed by atoms with van der Waals surface area (Å²) in [6.07, 6.45) is 0. The molecule has 1 aromatic carbocycles. The molecule has 1 aromatic heterocycles. The number of nitrogens with zero attached hydrogens (tertiary/aromatic N) is 1. The zero-order chi connectivity index (χ0) is 17.5. The summed E-state index contributed by atoms with van der Waals surface area (Å²) in [5, 5.41) is 15.6. The molecule has 2 aromatic rings. The molecule has 0 bridgehead atoms. The molecule has 0 fully saturated rings. The number of aliphatic imine (C=N–C) groups is 1. The fourth-order valence-corrected chi connectivity index (χ4v) is 2.30. The topological polar surface area (TPSA) is 69.8 Å². The fraction of sp³-hybridized carbons (Fsp3) is 0.389. The van der Waals surface area contributed by atoms with Gasteiger partial charge in [-0.15, -0.1) is 24.0 Å². The first-order valence-electron chi connectivity index (χ1n) is 8.02. The molecule has 0 saturated carbocycles. The molecule has 1 heterocycles. The zero-order valence-corrected chi connectivity index (χ0v) is 17.0. The van der Waals surface area contributed by atoms with Crippen LogP contribution in [0.2, 0.25) is 0 Å². The Labute approximate surface area is 164 Å². The van der Waals surface area contributed by atoms with E-state index in [1.165, 1.54) is 6.07 Å². The number of hydrogen-bond acceptors (Lipinski definition) is 3. The van der Waals surface area contributed by atoms with Crippen LogP contribution in [-0.2, 0) is 13.2 Å². The minimum absolute atomic E-state index is 0. The minimum atomic E-state index is -0.405. The van der Waals surface area contributed by atoms with Gasteiger partial charge in [0.15, 0.2) is 5.96 Å². The second-order valence-electron chi connectivity index (χ2n) is 5.59. The van der Waals surface area contributed by atoms with Crippen molar-refractivity contribution in [3.8, 4) is 0 Å². The van der Waals surface area contributed by atoms with E-state index in [0.29, 0.717) is 12.5 Å². The van der Waals surface area contributed by atoms with Gasteiger partial charge in [-0.05, 0) is 50.6 Å². The van der Waals surface area contributed by atoms with Crippen molar-refractivity contribution in [2.24, 2.45) is 4.99 Å². The lowest BCUT2D eigenvalue weighted by molar-refractivity contribution is 0.275. The van der Waals surface area contributed by atoms with Crippen molar-refractivity contribution in [3.05, 3.63) is 58.8 Å². The van der Waals surface area contributed by atoms with Crippen LogP contribution in [0, 0.1) is 12.7 Å². The Kier molecular flexibility index (Phi) is 8.91. The summed E-state index contributed by atoms with van der Waals surface area (Å²) in [4.78, 5) is 4.51. The maximum Gasteiger partial charge on any atom is 0.192 e. The van der Waals surface area contributed by atoms with E-state index in [2.05, 4.69) is 15.6 Å². The molecule has 1 unspecified atom stereocenters. The lowest BCUT2D eigenvalue weighted by Gasteiger charge is -2.16. The van der Waals surface area contributed by atoms with E-state index >= 15 is 0 Å². The van der Waals surface area contributed by atoms with Crippen molar-refractivity contribution >= 4 is 29.9 Å². The molecular formula is C18H25FIN3O2. The summed E-state index contributed by atoms with van der Waals surface area (Å²) in [5.41, 5.74) is 1.11. The molecule has 0 spiro atoms. The fourth-order valence-electron chi connectivity index (χ4n) is 2.30. The van der Waals surface area contributed by atoms with E-state index in [9.17, 15) is 4.39 Å². The van der Waals surface area contributed by atoms with Crippen LogP contribution < -0.4 is 10.6 Å². The zero-order valence-electron chi connectivity index (χ0n) is 14.7. The Morgan fingerprint density at radius 2 is 2.08 bits per heavy atom. The van der Waals surface area contributed by atoms with Crippen LogP contribution >= 0.6 is 24.0 Å². The Balaban J connectivity index is 0.00000312. The van der Waals surface area contributed by atoms with Gasteiger partial charge in [-0.1, -0.05) is 6.07 Å². The first-order chi connectivity index (χ1) is 11.5. The first-order valence-corrected chi connectivity index (χ1v) is 8.02. The van der Waals surface area contributed by atoms with Gasteiger partial charge in [0.1, 0.15) is 17.3 Å². The van der Waals surface area contributed by atoms with Crippen molar-refractivity contribution in [2.75, 3.05) is 6.54 Å². The second kappa shape index (κ2) is 10.4. The highest BCUT2D eigenvalue weighted by atomic mass is 127. The third-order valence-corrected chi connectivity index (χ3v) is 3.59. The van der Waals surface area contributed by atoms with Crippen molar-refractivity contribution < 1.29 is 13.9 Å². The standard InChI is InChI=1S/C18H24FN3O2.HI/c1-4-20-18(22-13(3)17-8-5-12(2)24-17)21-10-14-6-7-16(19)15(9-14)11-23;/h5-9,13,23H,4,10-11H2,1-3H3,(H2,20,21,22);1H. The number of aliphatic hydroxyl groups excluding tert-OH is 1. The normalized spacial score (nSPS) is 12.4. The van der Waals surface area contributed by atoms with E-state index in [4.69, 9.17) is 9.52 Å². The van der Waals surface area contributed by atoms with Crippen molar-refractivity contribution in [1.82, 2.24) is 10.6 Å². The minimum Gasteiger partial charge on any atom is -0.464 e. The number of halogens is 2. The SMILES string of the molecule is CCNC(=NCc1ccc(F)c(CO)c1)NC(C)c1ccc(C)o1.I. The summed E-state index contributed by atoms with van der Waals surface area (Å²) in [6.45, 7) is 6.67. The van der Waals surface area contributed by atoms with E-state index in [1.54, 1.807) is 12.1 Å². The monoisotopic (exact) mass is 461 g/mol. The molecule has 3 N–H and O–H groups in total. The molecule has 0 aliphatic heterocycles. The third kappa shape index (κ3) is 6.32. The molecule has 0 radical (unpaired) electrons. The van der Waals surface area contributed by atoms with E-state index in [-0.39, 0.29) is 42.2 Å². The Hall–Kier alpha value is -1.61. The van der Waals surface area contributed by atoms with E-state index < -0.39 is 5.82 Å². The number of nitrogens with one attached hydrogen (secondary N) is 2. The summed E-state index contributed by atoms with van der Waals surface area (Å²) < 4.78 is 19.0. The summed E-state index contributed by atoms with van der Waals surface area (Å²) >= 11 is 0. The second-order valence-corrected chi connectivity index (χ2v) is 5.59. The summed E-state index contributed by atoms with van der Waals surface area (Å²) in [6, 6.07) is 8.47. The Morgan fingerprint density at radius 1 is 1.32 bits per heavy atom. The largest absolute Gasteiger partial charge is 0.464 e. The van der Waals surface area contributed by atoms with Crippen LogP contribution in [0.3, 0.4) is 0 Å². The molecule has 0 aliphatic carbocycles. The number of guanidine groups is 1. The molecular weight excluding hydrogens is 436 g/mol. The molecule has 0 aliphatic rings. The molecule has 0 saturated heterocycles. The number of aliphatic hydroxyl groups is 1. The van der Waals surface area contributed by atoms with Crippen LogP contribution in [0.4, 0.5) is 4.39 Å². The average Bonchev–Trinajstić information content (AvgIpc) is 3.00. The number of aryl methyl sites for hydroxylation is 1.